The highest BCUT2D eigenvalue weighted by Crippen LogP contribution is 2.19. The van der Waals surface area contributed by atoms with Gasteiger partial charge in [-0.05, 0) is 23.3 Å². The van der Waals surface area contributed by atoms with E-state index < -0.39 is 36.2 Å². The molecule has 0 aromatic heterocycles. The molecule has 0 saturated carbocycles. The fraction of sp³-hybridized carbons (Fsp3) is 0.188. The fourth-order valence-electron chi connectivity index (χ4n) is 1.92. The summed E-state index contributed by atoms with van der Waals surface area (Å²) in [6.07, 6.45) is -0.877. The van der Waals surface area contributed by atoms with Crippen molar-refractivity contribution in [1.29, 1.82) is 0 Å². The molecule has 0 bridgehead atoms. The van der Waals surface area contributed by atoms with Crippen molar-refractivity contribution in [3.05, 3.63) is 71.0 Å². The molecular weight excluding hydrogens is 311 g/mol. The molecule has 0 saturated heterocycles. The van der Waals surface area contributed by atoms with Crippen molar-refractivity contribution in [1.82, 2.24) is 5.32 Å². The Hall–Kier alpha value is -2.54. The van der Waals surface area contributed by atoms with Crippen LogP contribution in [0.4, 0.5) is 18.0 Å². The highest BCUT2D eigenvalue weighted by Gasteiger charge is 2.19. The number of amides is 1. The van der Waals surface area contributed by atoms with Gasteiger partial charge in [-0.3, -0.25) is 0 Å². The third kappa shape index (κ3) is 4.46. The van der Waals surface area contributed by atoms with Gasteiger partial charge < -0.3 is 15.2 Å². The monoisotopic (exact) mass is 325 g/mol. The molecule has 0 aliphatic rings. The molecule has 0 heterocycles. The predicted molar refractivity (Wildman–Crippen MR) is 75.9 cm³/mol. The molecule has 7 heteroatoms. The Bertz CT molecular complexity index is 657. The zero-order chi connectivity index (χ0) is 16.8. The molecule has 0 radical (unpaired) electrons. The third-order valence-corrected chi connectivity index (χ3v) is 3.10. The zero-order valence-corrected chi connectivity index (χ0v) is 11.9. The number of halogens is 3. The van der Waals surface area contributed by atoms with Crippen LogP contribution in [0, 0.1) is 17.5 Å². The van der Waals surface area contributed by atoms with Gasteiger partial charge in [-0.2, -0.15) is 0 Å². The molecule has 1 amide bonds. The topological polar surface area (TPSA) is 58.6 Å². The van der Waals surface area contributed by atoms with Crippen LogP contribution in [0.25, 0.3) is 0 Å². The van der Waals surface area contributed by atoms with Crippen molar-refractivity contribution in [3.8, 4) is 0 Å². The molecule has 0 fully saturated rings. The average Bonchev–Trinajstić information content (AvgIpc) is 2.56. The first-order valence-electron chi connectivity index (χ1n) is 6.73. The van der Waals surface area contributed by atoms with Crippen molar-refractivity contribution in [3.63, 3.8) is 0 Å². The van der Waals surface area contributed by atoms with E-state index in [9.17, 15) is 23.1 Å². The summed E-state index contributed by atoms with van der Waals surface area (Å²) in [6, 6.07) is 9.15. The van der Waals surface area contributed by atoms with Crippen molar-refractivity contribution in [2.75, 3.05) is 6.61 Å². The number of rotatable bonds is 5. The summed E-state index contributed by atoms with van der Waals surface area (Å²) < 4.78 is 44.3. The Morgan fingerprint density at radius 2 is 1.74 bits per heavy atom. The molecule has 4 nitrogen and oxygen atoms in total. The van der Waals surface area contributed by atoms with Gasteiger partial charge in [-0.25, -0.2) is 18.0 Å². The summed E-state index contributed by atoms with van der Waals surface area (Å²) in [6.45, 7) is -0.637. The lowest BCUT2D eigenvalue weighted by Crippen LogP contribution is -2.31. The van der Waals surface area contributed by atoms with Crippen molar-refractivity contribution >= 4 is 6.09 Å². The highest BCUT2D eigenvalue weighted by atomic mass is 19.2. The number of ether oxygens (including phenoxy) is 1. The number of hydrogen-bond acceptors (Lipinski definition) is 3. The van der Waals surface area contributed by atoms with Crippen molar-refractivity contribution in [2.45, 2.75) is 12.6 Å². The summed E-state index contributed by atoms with van der Waals surface area (Å²) >= 11 is 0. The largest absolute Gasteiger partial charge is 0.445 e. The smallest absolute Gasteiger partial charge is 0.408 e. The number of carbonyl (C=O) groups is 1. The van der Waals surface area contributed by atoms with E-state index in [4.69, 9.17) is 4.74 Å². The van der Waals surface area contributed by atoms with Crippen LogP contribution in [0.2, 0.25) is 0 Å². The van der Waals surface area contributed by atoms with Crippen LogP contribution in [-0.2, 0) is 11.3 Å². The second kappa shape index (κ2) is 7.64. The quantitative estimate of drug-likeness (QED) is 0.831. The second-order valence-electron chi connectivity index (χ2n) is 4.74. The van der Waals surface area contributed by atoms with E-state index in [0.717, 1.165) is 5.56 Å². The fourth-order valence-corrected chi connectivity index (χ4v) is 1.92. The van der Waals surface area contributed by atoms with Gasteiger partial charge in [0.2, 0.25) is 0 Å². The maximum atomic E-state index is 13.2. The Kier molecular flexibility index (Phi) is 5.59. The molecule has 2 N–H and O–H groups in total. The van der Waals surface area contributed by atoms with Crippen LogP contribution in [0.3, 0.4) is 0 Å². The first-order valence-corrected chi connectivity index (χ1v) is 6.73. The molecule has 0 aliphatic carbocycles. The van der Waals surface area contributed by atoms with E-state index in [-0.39, 0.29) is 12.2 Å². The van der Waals surface area contributed by atoms with Crippen molar-refractivity contribution in [2.24, 2.45) is 0 Å². The van der Waals surface area contributed by atoms with Crippen LogP contribution in [-0.4, -0.2) is 17.8 Å². The van der Waals surface area contributed by atoms with Gasteiger partial charge in [0.15, 0.2) is 17.5 Å². The summed E-state index contributed by atoms with van der Waals surface area (Å²) in [5, 5.41) is 11.5. The molecular formula is C16H14F3NO3. The molecule has 1 atom stereocenters. The number of nitrogens with one attached hydrogen (secondary N) is 1. The van der Waals surface area contributed by atoms with Gasteiger partial charge in [0.05, 0.1) is 12.6 Å². The van der Waals surface area contributed by atoms with Gasteiger partial charge in [0.1, 0.15) is 6.61 Å². The van der Waals surface area contributed by atoms with Crippen LogP contribution < -0.4 is 5.32 Å². The number of carbonyl (C=O) groups excluding carboxylic acids is 1. The molecule has 0 aliphatic heterocycles. The maximum Gasteiger partial charge on any atom is 0.408 e. The summed E-state index contributed by atoms with van der Waals surface area (Å²) in [5.74, 6) is -4.42. The summed E-state index contributed by atoms with van der Waals surface area (Å²) in [5.41, 5.74) is 0.641. The van der Waals surface area contributed by atoms with Crippen molar-refractivity contribution < 1.29 is 27.8 Å². The lowest BCUT2D eigenvalue weighted by molar-refractivity contribution is 0.129. The Morgan fingerprint density at radius 1 is 1.13 bits per heavy atom. The lowest BCUT2D eigenvalue weighted by atomic mass is 10.1. The minimum atomic E-state index is -1.61. The van der Waals surface area contributed by atoms with Gasteiger partial charge in [0, 0.05) is 0 Å². The van der Waals surface area contributed by atoms with Gasteiger partial charge >= 0.3 is 6.09 Å². The van der Waals surface area contributed by atoms with E-state index >= 15 is 0 Å². The lowest BCUT2D eigenvalue weighted by Gasteiger charge is -2.17. The van der Waals surface area contributed by atoms with E-state index in [0.29, 0.717) is 12.1 Å². The van der Waals surface area contributed by atoms with Crippen LogP contribution >= 0.6 is 0 Å². The number of hydrogen-bond donors (Lipinski definition) is 2. The number of benzene rings is 2. The Balaban J connectivity index is 2.00. The second-order valence-corrected chi connectivity index (χ2v) is 4.74. The zero-order valence-electron chi connectivity index (χ0n) is 11.9. The number of alkyl carbamates (subject to hydrolysis) is 1. The van der Waals surface area contributed by atoms with Gasteiger partial charge in [-0.1, -0.05) is 30.3 Å². The highest BCUT2D eigenvalue weighted by molar-refractivity contribution is 5.68. The molecule has 122 valence electrons. The maximum absolute atomic E-state index is 13.2. The van der Waals surface area contributed by atoms with Gasteiger partial charge in [0.25, 0.3) is 0 Å². The minimum Gasteiger partial charge on any atom is -0.445 e. The molecule has 2 aromatic carbocycles. The minimum absolute atomic E-state index is 0.00301. The molecule has 2 aromatic rings. The SMILES string of the molecule is O=C(NC(CO)c1cc(F)c(F)c(F)c1)OCc1ccccc1. The van der Waals surface area contributed by atoms with Crippen LogP contribution in [0.5, 0.6) is 0 Å². The first-order chi connectivity index (χ1) is 11.0. The molecule has 2 rings (SSSR count). The first kappa shape index (κ1) is 16.8. The molecule has 1 unspecified atom stereocenters. The van der Waals surface area contributed by atoms with E-state index in [1.165, 1.54) is 0 Å². The summed E-state index contributed by atoms with van der Waals surface area (Å²) in [7, 11) is 0. The Morgan fingerprint density at radius 3 is 2.30 bits per heavy atom. The molecule has 23 heavy (non-hydrogen) atoms. The van der Waals surface area contributed by atoms with Crippen LogP contribution in [0.1, 0.15) is 17.2 Å². The number of aliphatic hydroxyl groups excluding tert-OH is 1. The average molecular weight is 325 g/mol. The molecule has 0 spiro atoms. The normalized spacial score (nSPS) is 11.8. The standard InChI is InChI=1S/C16H14F3NO3/c17-12-6-11(7-13(18)15(12)19)14(8-21)20-16(22)23-9-10-4-2-1-3-5-10/h1-7,14,21H,8-9H2,(H,20,22). The van der Waals surface area contributed by atoms with E-state index in [1.807, 2.05) is 6.07 Å². The van der Waals surface area contributed by atoms with Gasteiger partial charge in [-0.15, -0.1) is 0 Å². The van der Waals surface area contributed by atoms with E-state index in [2.05, 4.69) is 5.32 Å². The third-order valence-electron chi connectivity index (χ3n) is 3.10. The van der Waals surface area contributed by atoms with E-state index in [1.54, 1.807) is 24.3 Å². The number of aliphatic hydroxyl groups is 1. The Labute approximate surface area is 130 Å². The van der Waals surface area contributed by atoms with Crippen LogP contribution in [0.15, 0.2) is 42.5 Å². The predicted octanol–water partition coefficient (Wildman–Crippen LogP) is 3.06. The summed E-state index contributed by atoms with van der Waals surface area (Å²) in [4.78, 5) is 11.7.